The van der Waals surface area contributed by atoms with Crippen LogP contribution in [0.5, 0.6) is 0 Å². The minimum atomic E-state index is -3.07. The van der Waals surface area contributed by atoms with Crippen molar-refractivity contribution in [1.29, 1.82) is 0 Å². The summed E-state index contributed by atoms with van der Waals surface area (Å²) in [5.74, 6) is -0.286. The molecular formula is C23H30FN3O3S. The molecule has 0 aromatic heterocycles. The number of anilines is 1. The van der Waals surface area contributed by atoms with Crippen molar-refractivity contribution >= 4 is 22.4 Å². The van der Waals surface area contributed by atoms with Gasteiger partial charge in [-0.3, -0.25) is 13.9 Å². The summed E-state index contributed by atoms with van der Waals surface area (Å²) >= 11 is 0. The molecule has 2 N–H and O–H groups in total. The molecule has 2 saturated heterocycles. The van der Waals surface area contributed by atoms with Crippen molar-refractivity contribution in [2.75, 3.05) is 31.1 Å². The number of piperazine rings is 1. The molecule has 2 aliphatic rings. The fourth-order valence-electron chi connectivity index (χ4n) is 4.53. The first-order valence-electron chi connectivity index (χ1n) is 10.6. The monoisotopic (exact) mass is 447 g/mol. The van der Waals surface area contributed by atoms with Gasteiger partial charge in [0.25, 0.3) is 0 Å². The Morgan fingerprint density at radius 2 is 1.77 bits per heavy atom. The first-order chi connectivity index (χ1) is 14.8. The second kappa shape index (κ2) is 8.78. The Morgan fingerprint density at radius 1 is 1.10 bits per heavy atom. The molecule has 0 saturated carbocycles. The predicted molar refractivity (Wildman–Crippen MR) is 123 cm³/mol. The molecular weight excluding hydrogens is 417 g/mol. The standard InChI is InChI=1S/C23H30FN3O3S/c1-17-14-23(19-6-4-3-5-7-19)31(29,30)27(17)16-20-8-9-21(15-22(20)24)26-12-10-25(11-13-26)18(2)28/h3-9,15,17,23,29-30H,10-14,16H2,1-2H3/t17-,23?/m0/s1. The molecule has 0 radical (unpaired) electrons. The van der Waals surface area contributed by atoms with E-state index in [-0.39, 0.29) is 29.6 Å². The number of hydrogen-bond acceptors (Lipinski definition) is 5. The maximum absolute atomic E-state index is 15.0. The highest BCUT2D eigenvalue weighted by Gasteiger charge is 2.44. The number of halogens is 1. The SMILES string of the molecule is CC(=O)N1CCN(c2ccc(CN3[C@@H](C)CC(c4ccccc4)S3(O)O)c(F)c2)CC1. The highest BCUT2D eigenvalue weighted by Crippen LogP contribution is 2.65. The molecule has 8 heteroatoms. The van der Waals surface area contributed by atoms with Gasteiger partial charge in [0.1, 0.15) is 5.82 Å². The van der Waals surface area contributed by atoms with Crippen LogP contribution < -0.4 is 4.90 Å². The lowest BCUT2D eigenvalue weighted by Crippen LogP contribution is -2.48. The van der Waals surface area contributed by atoms with Crippen molar-refractivity contribution in [2.24, 2.45) is 0 Å². The summed E-state index contributed by atoms with van der Waals surface area (Å²) in [6.07, 6.45) is 0.618. The maximum atomic E-state index is 15.0. The Morgan fingerprint density at radius 3 is 2.39 bits per heavy atom. The van der Waals surface area contributed by atoms with Crippen LogP contribution in [0, 0.1) is 5.82 Å². The van der Waals surface area contributed by atoms with Crippen molar-refractivity contribution in [3.8, 4) is 0 Å². The van der Waals surface area contributed by atoms with Gasteiger partial charge in [-0.1, -0.05) is 36.4 Å². The van der Waals surface area contributed by atoms with Crippen LogP contribution in [0.25, 0.3) is 0 Å². The molecule has 0 spiro atoms. The highest BCUT2D eigenvalue weighted by molar-refractivity contribution is 8.22. The molecule has 4 rings (SSSR count). The number of carbonyl (C=O) groups excluding carboxylic acids is 1. The number of benzene rings is 2. The predicted octanol–water partition coefficient (Wildman–Crippen LogP) is 4.50. The highest BCUT2D eigenvalue weighted by atomic mass is 32.3. The van der Waals surface area contributed by atoms with Crippen LogP contribution in [0.1, 0.15) is 36.6 Å². The van der Waals surface area contributed by atoms with Crippen molar-refractivity contribution in [3.05, 3.63) is 65.5 Å². The minimum Gasteiger partial charge on any atom is -0.368 e. The van der Waals surface area contributed by atoms with E-state index in [1.165, 1.54) is 6.07 Å². The summed E-state index contributed by atoms with van der Waals surface area (Å²) < 4.78 is 38.7. The number of nitrogens with zero attached hydrogens (tertiary/aromatic N) is 3. The van der Waals surface area contributed by atoms with Gasteiger partial charge >= 0.3 is 0 Å². The third-order valence-electron chi connectivity index (χ3n) is 6.40. The first kappa shape index (κ1) is 22.1. The Bertz CT molecular complexity index is 935. The normalized spacial score (nSPS) is 24.9. The third kappa shape index (κ3) is 4.43. The van der Waals surface area contributed by atoms with Crippen LogP contribution in [-0.4, -0.2) is 56.4 Å². The average Bonchev–Trinajstić information content (AvgIpc) is 2.99. The van der Waals surface area contributed by atoms with Gasteiger partial charge in [-0.05, 0) is 31.0 Å². The van der Waals surface area contributed by atoms with Gasteiger partial charge in [-0.15, -0.1) is 10.8 Å². The lowest BCUT2D eigenvalue weighted by atomic mass is 10.1. The average molecular weight is 448 g/mol. The van der Waals surface area contributed by atoms with Crippen LogP contribution in [0.3, 0.4) is 0 Å². The molecule has 0 aliphatic carbocycles. The van der Waals surface area contributed by atoms with Gasteiger partial charge < -0.3 is 9.80 Å². The molecule has 2 aromatic carbocycles. The second-order valence-corrected chi connectivity index (χ2v) is 10.5. The van der Waals surface area contributed by atoms with Crippen molar-refractivity contribution in [3.63, 3.8) is 0 Å². The van der Waals surface area contributed by atoms with E-state index in [0.29, 0.717) is 38.2 Å². The molecule has 31 heavy (non-hydrogen) atoms. The Kier molecular flexibility index (Phi) is 6.25. The number of hydrogen-bond donors (Lipinski definition) is 2. The number of rotatable bonds is 4. The quantitative estimate of drug-likeness (QED) is 0.723. The molecule has 2 aliphatic heterocycles. The zero-order valence-corrected chi connectivity index (χ0v) is 18.8. The summed E-state index contributed by atoms with van der Waals surface area (Å²) in [4.78, 5) is 15.4. The molecule has 1 amide bonds. The molecule has 168 valence electrons. The van der Waals surface area contributed by atoms with Crippen molar-refractivity contribution < 1.29 is 18.3 Å². The van der Waals surface area contributed by atoms with Crippen LogP contribution in [0.2, 0.25) is 0 Å². The topological polar surface area (TPSA) is 67.3 Å². The maximum Gasteiger partial charge on any atom is 0.219 e. The summed E-state index contributed by atoms with van der Waals surface area (Å²) in [5, 5.41) is -0.372. The van der Waals surface area contributed by atoms with Gasteiger partial charge in [0.2, 0.25) is 5.91 Å². The van der Waals surface area contributed by atoms with Crippen LogP contribution >= 0.6 is 10.8 Å². The summed E-state index contributed by atoms with van der Waals surface area (Å²) in [5.41, 5.74) is 2.14. The van der Waals surface area contributed by atoms with Gasteiger partial charge in [0.05, 0.1) is 5.25 Å². The van der Waals surface area contributed by atoms with E-state index in [4.69, 9.17) is 0 Å². The van der Waals surface area contributed by atoms with Crippen LogP contribution in [-0.2, 0) is 11.3 Å². The Balaban J connectivity index is 1.48. The van der Waals surface area contributed by atoms with E-state index in [2.05, 4.69) is 4.90 Å². The van der Waals surface area contributed by atoms with Gasteiger partial charge in [0.15, 0.2) is 0 Å². The van der Waals surface area contributed by atoms with E-state index in [0.717, 1.165) is 11.3 Å². The van der Waals surface area contributed by atoms with Gasteiger partial charge in [-0.25, -0.2) is 4.39 Å². The smallest absolute Gasteiger partial charge is 0.219 e. The van der Waals surface area contributed by atoms with E-state index in [1.54, 1.807) is 22.2 Å². The summed E-state index contributed by atoms with van der Waals surface area (Å²) in [6.45, 7) is 6.27. The molecule has 2 fully saturated rings. The Labute approximate surface area is 184 Å². The van der Waals surface area contributed by atoms with E-state index in [1.807, 2.05) is 43.3 Å². The number of carbonyl (C=O) groups is 1. The molecule has 2 aromatic rings. The van der Waals surface area contributed by atoms with Crippen LogP contribution in [0.4, 0.5) is 10.1 Å². The lowest BCUT2D eigenvalue weighted by molar-refractivity contribution is -0.129. The molecule has 1 unspecified atom stereocenters. The molecule has 2 atom stereocenters. The van der Waals surface area contributed by atoms with E-state index < -0.39 is 10.8 Å². The van der Waals surface area contributed by atoms with E-state index in [9.17, 15) is 18.3 Å². The largest absolute Gasteiger partial charge is 0.368 e. The lowest BCUT2D eigenvalue weighted by Gasteiger charge is -2.42. The second-order valence-electron chi connectivity index (χ2n) is 8.39. The molecule has 6 nitrogen and oxygen atoms in total. The van der Waals surface area contributed by atoms with Crippen LogP contribution in [0.15, 0.2) is 48.5 Å². The summed E-state index contributed by atoms with van der Waals surface area (Å²) in [6, 6.07) is 14.6. The third-order valence-corrected chi connectivity index (χ3v) is 8.81. The minimum absolute atomic E-state index is 0.0636. The zero-order chi connectivity index (χ0) is 22.2. The molecule has 2 heterocycles. The number of amides is 1. The summed E-state index contributed by atoms with van der Waals surface area (Å²) in [7, 11) is -3.07. The fourth-order valence-corrected chi connectivity index (χ4v) is 6.86. The molecule has 0 bridgehead atoms. The first-order valence-corrected chi connectivity index (χ1v) is 12.2. The zero-order valence-electron chi connectivity index (χ0n) is 17.9. The fraction of sp³-hybridized carbons (Fsp3) is 0.435. The van der Waals surface area contributed by atoms with Crippen molar-refractivity contribution in [1.82, 2.24) is 9.21 Å². The van der Waals surface area contributed by atoms with Crippen molar-refractivity contribution in [2.45, 2.75) is 38.1 Å². The van der Waals surface area contributed by atoms with Gasteiger partial charge in [0, 0.05) is 56.9 Å². The van der Waals surface area contributed by atoms with Gasteiger partial charge in [-0.2, -0.15) is 4.31 Å². The Hall–Kier alpha value is -2.13. The van der Waals surface area contributed by atoms with E-state index >= 15 is 0 Å².